The number of hydrogen-bond donors (Lipinski definition) is 2. The molecule has 3 N–H and O–H groups in total. The van der Waals surface area contributed by atoms with Gasteiger partial charge in [-0.05, 0) is 57.4 Å². The number of anilines is 1. The lowest BCUT2D eigenvalue weighted by molar-refractivity contribution is -0.120. The van der Waals surface area contributed by atoms with E-state index in [0.29, 0.717) is 18.7 Å². The van der Waals surface area contributed by atoms with Crippen LogP contribution in [0.25, 0.3) is 0 Å². The zero-order valence-corrected chi connectivity index (χ0v) is 15.3. The second-order valence-electron chi connectivity index (χ2n) is 6.17. The molecule has 0 aliphatic heterocycles. The van der Waals surface area contributed by atoms with E-state index in [-0.39, 0.29) is 36.2 Å². The summed E-state index contributed by atoms with van der Waals surface area (Å²) in [5.74, 6) is 0.0461. The minimum atomic E-state index is -0.00395. The summed E-state index contributed by atoms with van der Waals surface area (Å²) < 4.78 is 0. The Morgan fingerprint density at radius 1 is 1.17 bits per heavy atom. The van der Waals surface area contributed by atoms with Crippen molar-refractivity contribution in [3.63, 3.8) is 0 Å². The van der Waals surface area contributed by atoms with E-state index in [1.54, 1.807) is 29.2 Å². The summed E-state index contributed by atoms with van der Waals surface area (Å²) in [4.78, 5) is 26.3. The van der Waals surface area contributed by atoms with E-state index in [9.17, 15) is 9.59 Å². The molecule has 0 heterocycles. The number of amides is 2. The van der Waals surface area contributed by atoms with Crippen LogP contribution in [0.2, 0.25) is 0 Å². The van der Waals surface area contributed by atoms with Crippen LogP contribution < -0.4 is 11.1 Å². The van der Waals surface area contributed by atoms with Gasteiger partial charge in [0.2, 0.25) is 5.91 Å². The van der Waals surface area contributed by atoms with Gasteiger partial charge in [-0.2, -0.15) is 0 Å². The molecule has 1 aliphatic carbocycles. The van der Waals surface area contributed by atoms with E-state index in [2.05, 4.69) is 5.32 Å². The van der Waals surface area contributed by atoms with Crippen molar-refractivity contribution in [2.75, 3.05) is 18.4 Å². The highest BCUT2D eigenvalue weighted by Crippen LogP contribution is 2.24. The van der Waals surface area contributed by atoms with E-state index in [1.165, 1.54) is 0 Å². The van der Waals surface area contributed by atoms with E-state index in [1.807, 2.05) is 13.8 Å². The Morgan fingerprint density at radius 3 is 2.33 bits per heavy atom. The number of nitrogens with zero attached hydrogens (tertiary/aromatic N) is 1. The van der Waals surface area contributed by atoms with Crippen LogP contribution in [0.15, 0.2) is 24.3 Å². The molecule has 2 amide bonds. The van der Waals surface area contributed by atoms with Crippen LogP contribution in [0.3, 0.4) is 0 Å². The second kappa shape index (κ2) is 9.64. The lowest BCUT2D eigenvalue weighted by Gasteiger charge is -2.25. The largest absolute Gasteiger partial charge is 0.339 e. The molecule has 2 atom stereocenters. The van der Waals surface area contributed by atoms with Crippen molar-refractivity contribution in [2.24, 2.45) is 11.7 Å². The van der Waals surface area contributed by atoms with Crippen LogP contribution in [-0.2, 0) is 4.79 Å². The first-order valence-corrected chi connectivity index (χ1v) is 8.50. The molecule has 1 aliphatic rings. The van der Waals surface area contributed by atoms with Crippen molar-refractivity contribution in [3.05, 3.63) is 29.8 Å². The Hall–Kier alpha value is -1.59. The molecule has 1 aromatic rings. The average Bonchev–Trinajstić information content (AvgIpc) is 2.56. The summed E-state index contributed by atoms with van der Waals surface area (Å²) in [6.07, 6.45) is 3.67. The molecule has 0 spiro atoms. The molecule has 134 valence electrons. The Bertz CT molecular complexity index is 544. The lowest BCUT2D eigenvalue weighted by Crippen LogP contribution is -2.34. The van der Waals surface area contributed by atoms with Gasteiger partial charge in [0.15, 0.2) is 0 Å². The van der Waals surface area contributed by atoms with Crippen molar-refractivity contribution >= 4 is 29.9 Å². The normalized spacial score (nSPS) is 20.0. The highest BCUT2D eigenvalue weighted by Gasteiger charge is 2.25. The molecule has 1 aromatic carbocycles. The first kappa shape index (κ1) is 20.5. The molecular formula is C18H28ClN3O2. The number of hydrogen-bond acceptors (Lipinski definition) is 3. The molecular weight excluding hydrogens is 326 g/mol. The summed E-state index contributed by atoms with van der Waals surface area (Å²) in [5.41, 5.74) is 7.31. The van der Waals surface area contributed by atoms with Gasteiger partial charge < -0.3 is 16.0 Å². The number of nitrogens with two attached hydrogens (primary N) is 1. The number of carbonyl (C=O) groups is 2. The SMILES string of the molecule is CCN(CC)C(=O)c1ccc(NC(=O)C2CCCC(N)C2)cc1.Cl. The van der Waals surface area contributed by atoms with Gasteiger partial charge in [-0.1, -0.05) is 6.42 Å². The Labute approximate surface area is 150 Å². The zero-order valence-electron chi connectivity index (χ0n) is 14.5. The van der Waals surface area contributed by atoms with Gasteiger partial charge in [0, 0.05) is 36.3 Å². The van der Waals surface area contributed by atoms with Gasteiger partial charge in [0.05, 0.1) is 0 Å². The average molecular weight is 354 g/mol. The third-order valence-electron chi connectivity index (χ3n) is 4.54. The fraction of sp³-hybridized carbons (Fsp3) is 0.556. The van der Waals surface area contributed by atoms with Crippen LogP contribution >= 0.6 is 12.4 Å². The Morgan fingerprint density at radius 2 is 1.79 bits per heavy atom. The van der Waals surface area contributed by atoms with Crippen molar-refractivity contribution in [3.8, 4) is 0 Å². The predicted octanol–water partition coefficient (Wildman–Crippen LogP) is 3.05. The molecule has 6 heteroatoms. The number of nitrogens with one attached hydrogen (secondary N) is 1. The molecule has 0 aromatic heterocycles. The summed E-state index contributed by atoms with van der Waals surface area (Å²) in [6.45, 7) is 5.31. The van der Waals surface area contributed by atoms with Crippen LogP contribution in [0.1, 0.15) is 49.9 Å². The molecule has 5 nitrogen and oxygen atoms in total. The minimum Gasteiger partial charge on any atom is -0.339 e. The lowest BCUT2D eigenvalue weighted by atomic mass is 9.85. The molecule has 1 saturated carbocycles. The predicted molar refractivity (Wildman–Crippen MR) is 99.5 cm³/mol. The first-order valence-electron chi connectivity index (χ1n) is 8.50. The maximum absolute atomic E-state index is 12.3. The van der Waals surface area contributed by atoms with Crippen molar-refractivity contribution < 1.29 is 9.59 Å². The second-order valence-corrected chi connectivity index (χ2v) is 6.17. The molecule has 0 saturated heterocycles. The highest BCUT2D eigenvalue weighted by molar-refractivity contribution is 5.96. The van der Waals surface area contributed by atoms with Crippen molar-refractivity contribution in [2.45, 2.75) is 45.6 Å². The molecule has 1 fully saturated rings. The van der Waals surface area contributed by atoms with Crippen LogP contribution in [0, 0.1) is 5.92 Å². The van der Waals surface area contributed by atoms with Gasteiger partial charge in [0.25, 0.3) is 5.91 Å². The van der Waals surface area contributed by atoms with Crippen molar-refractivity contribution in [1.29, 1.82) is 0 Å². The smallest absolute Gasteiger partial charge is 0.253 e. The number of halogens is 1. The zero-order chi connectivity index (χ0) is 16.8. The van der Waals surface area contributed by atoms with E-state index in [0.717, 1.165) is 31.4 Å². The maximum atomic E-state index is 12.3. The standard InChI is InChI=1S/C18H27N3O2.ClH/c1-3-21(4-2)18(23)13-8-10-16(11-9-13)20-17(22)14-6-5-7-15(19)12-14;/h8-11,14-15H,3-7,12,19H2,1-2H3,(H,20,22);1H. The van der Waals surface area contributed by atoms with Gasteiger partial charge >= 0.3 is 0 Å². The van der Waals surface area contributed by atoms with Gasteiger partial charge in [-0.3, -0.25) is 9.59 Å². The van der Waals surface area contributed by atoms with Crippen molar-refractivity contribution in [1.82, 2.24) is 4.90 Å². The van der Waals surface area contributed by atoms with Gasteiger partial charge in [0.1, 0.15) is 0 Å². The molecule has 2 rings (SSSR count). The van der Waals surface area contributed by atoms with Crippen LogP contribution in [0.4, 0.5) is 5.69 Å². The monoisotopic (exact) mass is 353 g/mol. The topological polar surface area (TPSA) is 75.4 Å². The van der Waals surface area contributed by atoms with Crippen LogP contribution in [-0.4, -0.2) is 35.8 Å². The maximum Gasteiger partial charge on any atom is 0.253 e. The van der Waals surface area contributed by atoms with Crippen LogP contribution in [0.5, 0.6) is 0 Å². The summed E-state index contributed by atoms with van der Waals surface area (Å²) in [5, 5.41) is 2.94. The van der Waals surface area contributed by atoms with Gasteiger partial charge in [-0.15, -0.1) is 12.4 Å². The number of benzene rings is 1. The third-order valence-corrected chi connectivity index (χ3v) is 4.54. The summed E-state index contributed by atoms with van der Waals surface area (Å²) in [7, 11) is 0. The van der Waals surface area contributed by atoms with E-state index >= 15 is 0 Å². The Balaban J connectivity index is 0.00000288. The molecule has 24 heavy (non-hydrogen) atoms. The summed E-state index contributed by atoms with van der Waals surface area (Å²) in [6, 6.07) is 7.24. The molecule has 2 unspecified atom stereocenters. The fourth-order valence-electron chi connectivity index (χ4n) is 3.10. The van der Waals surface area contributed by atoms with Gasteiger partial charge in [-0.25, -0.2) is 0 Å². The number of rotatable bonds is 5. The van der Waals surface area contributed by atoms with E-state index < -0.39 is 0 Å². The first-order chi connectivity index (χ1) is 11.0. The Kier molecular flexibility index (Phi) is 8.22. The summed E-state index contributed by atoms with van der Waals surface area (Å²) >= 11 is 0. The molecule has 0 radical (unpaired) electrons. The van der Waals surface area contributed by atoms with E-state index in [4.69, 9.17) is 5.73 Å². The third kappa shape index (κ3) is 5.21. The minimum absolute atomic E-state index is 0. The number of carbonyl (C=O) groups excluding carboxylic acids is 2. The quantitative estimate of drug-likeness (QED) is 0.854. The fourth-order valence-corrected chi connectivity index (χ4v) is 3.10. The molecule has 0 bridgehead atoms. The highest BCUT2D eigenvalue weighted by atomic mass is 35.5.